The van der Waals surface area contributed by atoms with Gasteiger partial charge in [-0.1, -0.05) is 0 Å². The van der Waals surface area contributed by atoms with Crippen LogP contribution in [0.5, 0.6) is 0 Å². The van der Waals surface area contributed by atoms with E-state index < -0.39 is 32.6 Å². The minimum absolute atomic E-state index is 0.254. The second kappa shape index (κ2) is 5.23. The quantitative estimate of drug-likeness (QED) is 0.875. The average Bonchev–Trinajstić information content (AvgIpc) is 3.10. The zero-order valence-electron chi connectivity index (χ0n) is 11.0. The van der Waals surface area contributed by atoms with Crippen molar-refractivity contribution in [3.63, 3.8) is 0 Å². The summed E-state index contributed by atoms with van der Waals surface area (Å²) in [4.78, 5) is -0.638. The van der Waals surface area contributed by atoms with Gasteiger partial charge >= 0.3 is 0 Å². The molecule has 1 atom stereocenters. The molecule has 112 valence electrons. The fraction of sp³-hybridized carbons (Fsp3) is 0.286. The molecular formula is C14H13F2NO3S. The molecule has 1 aliphatic rings. The number of rotatable bonds is 3. The van der Waals surface area contributed by atoms with Crippen molar-refractivity contribution in [2.45, 2.75) is 23.8 Å². The smallest absolute Gasteiger partial charge is 0.246 e. The maximum Gasteiger partial charge on any atom is 0.246 e. The van der Waals surface area contributed by atoms with Crippen molar-refractivity contribution in [2.75, 3.05) is 6.54 Å². The van der Waals surface area contributed by atoms with Gasteiger partial charge in [-0.2, -0.15) is 4.31 Å². The molecule has 1 aromatic heterocycles. The molecule has 0 radical (unpaired) electrons. The van der Waals surface area contributed by atoms with Crippen molar-refractivity contribution in [1.82, 2.24) is 4.31 Å². The first-order valence-electron chi connectivity index (χ1n) is 6.50. The normalized spacial score (nSPS) is 20.0. The van der Waals surface area contributed by atoms with Crippen molar-refractivity contribution in [3.05, 3.63) is 54.0 Å². The van der Waals surface area contributed by atoms with Crippen LogP contribution in [0.4, 0.5) is 8.78 Å². The third-order valence-electron chi connectivity index (χ3n) is 3.56. The van der Waals surface area contributed by atoms with E-state index in [4.69, 9.17) is 4.42 Å². The Balaban J connectivity index is 2.03. The van der Waals surface area contributed by atoms with Crippen molar-refractivity contribution >= 4 is 10.0 Å². The Hall–Kier alpha value is -1.73. The summed E-state index contributed by atoms with van der Waals surface area (Å²) in [6.45, 7) is 0.254. The summed E-state index contributed by atoms with van der Waals surface area (Å²) in [6.07, 6.45) is 2.69. The second-order valence-corrected chi connectivity index (χ2v) is 6.72. The largest absolute Gasteiger partial charge is 0.468 e. The third-order valence-corrected chi connectivity index (χ3v) is 5.48. The number of halogens is 2. The SMILES string of the molecule is O=S(=O)(c1cc(F)ccc1F)N1CCC[C@H]1c1ccco1. The molecule has 0 N–H and O–H groups in total. The lowest BCUT2D eigenvalue weighted by Gasteiger charge is -2.22. The molecule has 4 nitrogen and oxygen atoms in total. The molecule has 0 amide bonds. The van der Waals surface area contributed by atoms with Crippen LogP contribution in [0.3, 0.4) is 0 Å². The molecule has 0 unspecified atom stereocenters. The van der Waals surface area contributed by atoms with Crippen LogP contribution in [0.2, 0.25) is 0 Å². The highest BCUT2D eigenvalue weighted by molar-refractivity contribution is 7.89. The number of nitrogens with zero attached hydrogens (tertiary/aromatic N) is 1. The van der Waals surface area contributed by atoms with E-state index in [-0.39, 0.29) is 6.54 Å². The lowest BCUT2D eigenvalue weighted by molar-refractivity contribution is 0.338. The molecular weight excluding hydrogens is 300 g/mol. The summed E-state index contributed by atoms with van der Waals surface area (Å²) in [6, 6.07) is 5.29. The first-order valence-corrected chi connectivity index (χ1v) is 7.94. The summed E-state index contributed by atoms with van der Waals surface area (Å²) >= 11 is 0. The van der Waals surface area contributed by atoms with Crippen LogP contribution in [0, 0.1) is 11.6 Å². The minimum Gasteiger partial charge on any atom is -0.468 e. The molecule has 7 heteroatoms. The Kier molecular flexibility index (Phi) is 3.54. The number of hydrogen-bond acceptors (Lipinski definition) is 3. The zero-order valence-corrected chi connectivity index (χ0v) is 11.8. The highest BCUT2D eigenvalue weighted by Gasteiger charge is 2.39. The highest BCUT2D eigenvalue weighted by atomic mass is 32.2. The zero-order chi connectivity index (χ0) is 15.0. The standard InChI is InChI=1S/C14H13F2NO3S/c15-10-5-6-11(16)14(9-10)21(18,19)17-7-1-3-12(17)13-4-2-8-20-13/h2,4-6,8-9,12H,1,3,7H2/t12-/m0/s1. The van der Waals surface area contributed by atoms with Crippen LogP contribution in [0.15, 0.2) is 45.9 Å². The predicted octanol–water partition coefficient (Wildman–Crippen LogP) is 3.08. The molecule has 0 saturated carbocycles. The molecule has 1 aliphatic heterocycles. The molecule has 21 heavy (non-hydrogen) atoms. The van der Waals surface area contributed by atoms with Gasteiger partial charge < -0.3 is 4.42 Å². The summed E-state index contributed by atoms with van der Waals surface area (Å²) in [5, 5.41) is 0. The molecule has 0 spiro atoms. The van der Waals surface area contributed by atoms with Crippen molar-refractivity contribution < 1.29 is 21.6 Å². The van der Waals surface area contributed by atoms with E-state index in [9.17, 15) is 17.2 Å². The first kappa shape index (κ1) is 14.2. The van der Waals surface area contributed by atoms with Gasteiger partial charge in [0.05, 0.1) is 12.3 Å². The van der Waals surface area contributed by atoms with Crippen LogP contribution in [0.1, 0.15) is 24.6 Å². The van der Waals surface area contributed by atoms with Gasteiger partial charge in [-0.25, -0.2) is 17.2 Å². The van der Waals surface area contributed by atoms with Gasteiger partial charge in [0.25, 0.3) is 0 Å². The third kappa shape index (κ3) is 2.47. The summed E-state index contributed by atoms with van der Waals surface area (Å²) in [5.41, 5.74) is 0. The number of hydrogen-bond donors (Lipinski definition) is 0. The first-order chi connectivity index (χ1) is 10.00. The van der Waals surface area contributed by atoms with Crippen LogP contribution >= 0.6 is 0 Å². The van der Waals surface area contributed by atoms with E-state index in [1.54, 1.807) is 12.1 Å². The summed E-state index contributed by atoms with van der Waals surface area (Å²) in [5.74, 6) is -1.24. The number of sulfonamides is 1. The Morgan fingerprint density at radius 3 is 2.76 bits per heavy atom. The maximum atomic E-state index is 13.8. The van der Waals surface area contributed by atoms with Gasteiger partial charge in [-0.05, 0) is 43.2 Å². The fourth-order valence-corrected chi connectivity index (χ4v) is 4.34. The average molecular weight is 313 g/mol. The lowest BCUT2D eigenvalue weighted by atomic mass is 10.2. The summed E-state index contributed by atoms with van der Waals surface area (Å²) < 4.78 is 58.7. The second-order valence-electron chi connectivity index (χ2n) is 4.86. The van der Waals surface area contributed by atoms with Crippen LogP contribution in [0.25, 0.3) is 0 Å². The van der Waals surface area contributed by atoms with Gasteiger partial charge in [-0.3, -0.25) is 0 Å². The number of furan rings is 1. The van der Waals surface area contributed by atoms with Crippen LogP contribution in [-0.2, 0) is 10.0 Å². The van der Waals surface area contributed by atoms with Crippen molar-refractivity contribution in [2.24, 2.45) is 0 Å². The molecule has 1 fully saturated rings. The van der Waals surface area contributed by atoms with E-state index >= 15 is 0 Å². The lowest BCUT2D eigenvalue weighted by Crippen LogP contribution is -2.31. The van der Waals surface area contributed by atoms with E-state index in [1.807, 2.05) is 0 Å². The molecule has 2 heterocycles. The molecule has 0 bridgehead atoms. The van der Waals surface area contributed by atoms with Gasteiger partial charge in [-0.15, -0.1) is 0 Å². The fourth-order valence-electron chi connectivity index (χ4n) is 2.59. The van der Waals surface area contributed by atoms with Crippen molar-refractivity contribution in [3.8, 4) is 0 Å². The number of benzene rings is 1. The topological polar surface area (TPSA) is 50.5 Å². The molecule has 3 rings (SSSR count). The molecule has 2 aromatic rings. The Morgan fingerprint density at radius 1 is 1.24 bits per heavy atom. The summed E-state index contributed by atoms with van der Waals surface area (Å²) in [7, 11) is -4.11. The van der Waals surface area contributed by atoms with Gasteiger partial charge in [0, 0.05) is 6.54 Å². The van der Waals surface area contributed by atoms with E-state index in [0.717, 1.165) is 12.1 Å². The van der Waals surface area contributed by atoms with E-state index in [2.05, 4.69) is 0 Å². The van der Waals surface area contributed by atoms with E-state index in [0.29, 0.717) is 24.7 Å². The van der Waals surface area contributed by atoms with Crippen molar-refractivity contribution in [1.29, 1.82) is 0 Å². The van der Waals surface area contributed by atoms with Crippen LogP contribution in [-0.4, -0.2) is 19.3 Å². The molecule has 1 aromatic carbocycles. The molecule has 0 aliphatic carbocycles. The predicted molar refractivity (Wildman–Crippen MR) is 70.9 cm³/mol. The van der Waals surface area contributed by atoms with Gasteiger partial charge in [0.1, 0.15) is 22.3 Å². The molecule has 1 saturated heterocycles. The Morgan fingerprint density at radius 2 is 2.05 bits per heavy atom. The van der Waals surface area contributed by atoms with Gasteiger partial charge in [0.15, 0.2) is 0 Å². The monoisotopic (exact) mass is 313 g/mol. The van der Waals surface area contributed by atoms with E-state index in [1.165, 1.54) is 10.6 Å². The van der Waals surface area contributed by atoms with Crippen LogP contribution < -0.4 is 0 Å². The maximum absolute atomic E-state index is 13.8. The highest BCUT2D eigenvalue weighted by Crippen LogP contribution is 2.37. The Bertz CT molecular complexity index is 744. The van der Waals surface area contributed by atoms with Gasteiger partial charge in [0.2, 0.25) is 10.0 Å². The minimum atomic E-state index is -4.11. The Labute approximate surface area is 121 Å².